The number of carboxylic acid groups (broad SMARTS) is 1. The van der Waals surface area contributed by atoms with E-state index in [9.17, 15) is 23.2 Å². The summed E-state index contributed by atoms with van der Waals surface area (Å²) in [6.45, 7) is 0. The molecule has 0 saturated carbocycles. The summed E-state index contributed by atoms with van der Waals surface area (Å²) in [4.78, 5) is 35.4. The van der Waals surface area contributed by atoms with Crippen LogP contribution in [-0.2, 0) is 0 Å². The monoisotopic (exact) mass is 346 g/mol. The molecule has 1 heterocycles. The van der Waals surface area contributed by atoms with Crippen LogP contribution in [-0.4, -0.2) is 20.6 Å². The van der Waals surface area contributed by atoms with Gasteiger partial charge in [0.1, 0.15) is 17.2 Å². The van der Waals surface area contributed by atoms with Crippen LogP contribution in [0, 0.1) is 11.6 Å². The Labute approximate surface area is 117 Å². The van der Waals surface area contributed by atoms with Crippen LogP contribution in [0.15, 0.2) is 32.4 Å². The van der Waals surface area contributed by atoms with E-state index in [1.54, 1.807) is 4.98 Å². The summed E-state index contributed by atoms with van der Waals surface area (Å²) < 4.78 is 27.5. The molecular weight excluding hydrogens is 342 g/mol. The molecule has 2 N–H and O–H groups in total. The number of nitrogens with one attached hydrogen (secondary N) is 1. The summed E-state index contributed by atoms with van der Waals surface area (Å²) in [5.74, 6) is -3.42. The van der Waals surface area contributed by atoms with E-state index >= 15 is 0 Å². The first-order valence-electron chi connectivity index (χ1n) is 5.05. The third-order valence-electron chi connectivity index (χ3n) is 2.42. The zero-order valence-electron chi connectivity index (χ0n) is 9.49. The molecule has 0 saturated heterocycles. The minimum Gasteiger partial charge on any atom is -0.477 e. The number of rotatable bonds is 2. The normalized spacial score (nSPS) is 10.6. The van der Waals surface area contributed by atoms with Gasteiger partial charge >= 0.3 is 11.7 Å². The number of H-pyrrole nitrogens is 1. The molecule has 20 heavy (non-hydrogen) atoms. The Balaban J connectivity index is 2.80. The second kappa shape index (κ2) is 5.00. The lowest BCUT2D eigenvalue weighted by Gasteiger charge is -2.08. The molecular formula is C11H5BrF2N2O4. The molecule has 1 aromatic heterocycles. The van der Waals surface area contributed by atoms with Gasteiger partial charge in [-0.1, -0.05) is 0 Å². The Bertz CT molecular complexity index is 828. The van der Waals surface area contributed by atoms with Gasteiger partial charge in [-0.3, -0.25) is 14.3 Å². The van der Waals surface area contributed by atoms with Gasteiger partial charge < -0.3 is 5.11 Å². The number of halogens is 3. The van der Waals surface area contributed by atoms with Crippen molar-refractivity contribution in [3.8, 4) is 5.69 Å². The molecule has 0 radical (unpaired) electrons. The fourth-order valence-electron chi connectivity index (χ4n) is 1.50. The number of hydrogen-bond acceptors (Lipinski definition) is 3. The molecule has 6 nitrogen and oxygen atoms in total. The van der Waals surface area contributed by atoms with Crippen LogP contribution in [0.1, 0.15) is 10.4 Å². The number of benzene rings is 1. The molecule has 2 rings (SSSR count). The number of hydrogen-bond donors (Lipinski definition) is 2. The maximum absolute atomic E-state index is 13.7. The lowest BCUT2D eigenvalue weighted by atomic mass is 10.2. The molecule has 0 aliphatic heterocycles. The Morgan fingerprint density at radius 3 is 2.50 bits per heavy atom. The fraction of sp³-hybridized carbons (Fsp3) is 0. The number of aromatic amines is 1. The van der Waals surface area contributed by atoms with Gasteiger partial charge in [-0.15, -0.1) is 0 Å². The van der Waals surface area contributed by atoms with Crippen molar-refractivity contribution in [3.63, 3.8) is 0 Å². The quantitative estimate of drug-likeness (QED) is 0.801. The van der Waals surface area contributed by atoms with E-state index in [4.69, 9.17) is 5.11 Å². The first-order valence-corrected chi connectivity index (χ1v) is 5.84. The number of aromatic carboxylic acids is 1. The number of nitrogens with zero attached hydrogens (tertiary/aromatic N) is 1. The summed E-state index contributed by atoms with van der Waals surface area (Å²) in [5.41, 5.74) is -3.50. The second-order valence-electron chi connectivity index (χ2n) is 3.69. The van der Waals surface area contributed by atoms with Gasteiger partial charge in [0.25, 0.3) is 5.56 Å². The van der Waals surface area contributed by atoms with Crippen molar-refractivity contribution in [1.29, 1.82) is 0 Å². The average Bonchev–Trinajstić information content (AvgIpc) is 2.34. The molecule has 0 fully saturated rings. The summed E-state index contributed by atoms with van der Waals surface area (Å²) >= 11 is 2.77. The molecule has 0 spiro atoms. The molecule has 104 valence electrons. The van der Waals surface area contributed by atoms with Gasteiger partial charge in [0.05, 0.1) is 10.2 Å². The summed E-state index contributed by atoms with van der Waals surface area (Å²) in [6, 6.07) is 1.48. The molecule has 9 heteroatoms. The first-order chi connectivity index (χ1) is 9.31. The van der Waals surface area contributed by atoms with Crippen molar-refractivity contribution in [2.24, 2.45) is 0 Å². The maximum Gasteiger partial charge on any atom is 0.342 e. The van der Waals surface area contributed by atoms with Crippen LogP contribution in [0.3, 0.4) is 0 Å². The number of carbonyl (C=O) groups is 1. The molecule has 0 unspecified atom stereocenters. The standard InChI is InChI=1S/C11H5BrF2N2O4/c12-5-1-7(14)8(2-6(5)13)16-3-4(10(18)19)9(17)15-11(16)20/h1-3H,(H,18,19)(H,15,17,20). The highest BCUT2D eigenvalue weighted by Gasteiger charge is 2.16. The second-order valence-corrected chi connectivity index (χ2v) is 4.55. The molecule has 0 aliphatic rings. The highest BCUT2D eigenvalue weighted by atomic mass is 79.9. The van der Waals surface area contributed by atoms with Gasteiger partial charge in [0.2, 0.25) is 0 Å². The van der Waals surface area contributed by atoms with Crippen molar-refractivity contribution >= 4 is 21.9 Å². The molecule has 2 aromatic rings. The van der Waals surface area contributed by atoms with Crippen molar-refractivity contribution in [1.82, 2.24) is 9.55 Å². The predicted molar refractivity (Wildman–Crippen MR) is 67.2 cm³/mol. The largest absolute Gasteiger partial charge is 0.477 e. The Morgan fingerprint density at radius 2 is 1.90 bits per heavy atom. The van der Waals surface area contributed by atoms with Gasteiger partial charge in [0, 0.05) is 12.3 Å². The van der Waals surface area contributed by atoms with E-state index in [2.05, 4.69) is 15.9 Å². The van der Waals surface area contributed by atoms with E-state index in [0.29, 0.717) is 16.8 Å². The molecule has 0 aliphatic carbocycles. The summed E-state index contributed by atoms with van der Waals surface area (Å²) in [5, 5.41) is 8.79. The van der Waals surface area contributed by atoms with Crippen molar-refractivity contribution in [3.05, 3.63) is 60.8 Å². The van der Waals surface area contributed by atoms with E-state index in [1.165, 1.54) is 0 Å². The predicted octanol–water partition coefficient (Wildman–Crippen LogP) is 1.26. The minimum atomic E-state index is -1.60. The highest BCUT2D eigenvalue weighted by Crippen LogP contribution is 2.21. The first kappa shape index (κ1) is 14.1. The van der Waals surface area contributed by atoms with Crippen molar-refractivity contribution in [2.75, 3.05) is 0 Å². The molecule has 0 bridgehead atoms. The third-order valence-corrected chi connectivity index (χ3v) is 3.03. The Kier molecular flexibility index (Phi) is 3.53. The smallest absolute Gasteiger partial charge is 0.342 e. The van der Waals surface area contributed by atoms with Crippen LogP contribution in [0.2, 0.25) is 0 Å². The van der Waals surface area contributed by atoms with E-state index < -0.39 is 40.1 Å². The lowest BCUT2D eigenvalue weighted by molar-refractivity contribution is 0.0694. The van der Waals surface area contributed by atoms with Crippen LogP contribution in [0.4, 0.5) is 8.78 Å². The zero-order chi connectivity index (χ0) is 15.0. The summed E-state index contributed by atoms with van der Waals surface area (Å²) in [7, 11) is 0. The van der Waals surface area contributed by atoms with Crippen LogP contribution in [0.5, 0.6) is 0 Å². The molecule has 0 amide bonds. The van der Waals surface area contributed by atoms with Crippen LogP contribution < -0.4 is 11.2 Å². The number of aromatic nitrogens is 2. The van der Waals surface area contributed by atoms with Crippen LogP contribution in [0.25, 0.3) is 5.69 Å². The maximum atomic E-state index is 13.7. The zero-order valence-corrected chi connectivity index (χ0v) is 11.1. The third kappa shape index (κ3) is 2.39. The lowest BCUT2D eigenvalue weighted by Crippen LogP contribution is -2.32. The Morgan fingerprint density at radius 1 is 1.25 bits per heavy atom. The average molecular weight is 347 g/mol. The van der Waals surface area contributed by atoms with E-state index in [-0.39, 0.29) is 4.47 Å². The van der Waals surface area contributed by atoms with E-state index in [0.717, 1.165) is 6.07 Å². The topological polar surface area (TPSA) is 92.2 Å². The Hall–Kier alpha value is -2.29. The minimum absolute atomic E-state index is 0.158. The molecule has 0 atom stereocenters. The van der Waals surface area contributed by atoms with Gasteiger partial charge in [-0.2, -0.15) is 0 Å². The summed E-state index contributed by atoms with van der Waals surface area (Å²) in [6.07, 6.45) is 0.634. The fourth-order valence-corrected chi connectivity index (χ4v) is 1.81. The van der Waals surface area contributed by atoms with Gasteiger partial charge in [0.15, 0.2) is 0 Å². The SMILES string of the molecule is O=C(O)c1cn(-c2cc(F)c(Br)cc2F)c(=O)[nH]c1=O. The van der Waals surface area contributed by atoms with Gasteiger partial charge in [-0.25, -0.2) is 18.4 Å². The van der Waals surface area contributed by atoms with Crippen LogP contribution >= 0.6 is 15.9 Å². The number of carboxylic acids is 1. The van der Waals surface area contributed by atoms with Crippen molar-refractivity contribution in [2.45, 2.75) is 0 Å². The van der Waals surface area contributed by atoms with Gasteiger partial charge in [-0.05, 0) is 22.0 Å². The van der Waals surface area contributed by atoms with E-state index in [1.807, 2.05) is 0 Å². The molecule has 1 aromatic carbocycles. The highest BCUT2D eigenvalue weighted by molar-refractivity contribution is 9.10. The van der Waals surface area contributed by atoms with Crippen molar-refractivity contribution < 1.29 is 18.7 Å².